The van der Waals surface area contributed by atoms with E-state index < -0.39 is 0 Å². The van der Waals surface area contributed by atoms with Gasteiger partial charge in [0.05, 0.1) is 0 Å². The first kappa shape index (κ1) is 18.1. The number of aliphatic hydroxyl groups excluding tert-OH is 1. The second-order valence-electron chi connectivity index (χ2n) is 3.18. The molecule has 0 saturated carbocycles. The molecule has 0 aromatic rings. The van der Waals surface area contributed by atoms with Crippen molar-refractivity contribution in [2.24, 2.45) is 0 Å². The standard InChI is InChI=1S/C13H21NO.C2H6/c1-4-7-10-12(8-5-2)13(9-6-3)14-11-15;1-2/h5-6,8-9,14-15H,2-4,7,10-11H2,1H3;1-2H3/b12-8-,13-9+;. The van der Waals surface area contributed by atoms with Crippen LogP contribution < -0.4 is 5.32 Å². The Kier molecular flexibility index (Phi) is 15.7. The zero-order valence-electron chi connectivity index (χ0n) is 11.5. The Bertz CT molecular complexity index is 252. The lowest BCUT2D eigenvalue weighted by Gasteiger charge is -2.12. The predicted octanol–water partition coefficient (Wildman–Crippen LogP) is 3.92. The predicted molar refractivity (Wildman–Crippen MR) is 77.7 cm³/mol. The minimum absolute atomic E-state index is 0.0692. The molecule has 0 aliphatic rings. The summed E-state index contributed by atoms with van der Waals surface area (Å²) in [6, 6.07) is 0. The van der Waals surface area contributed by atoms with Crippen LogP contribution >= 0.6 is 0 Å². The van der Waals surface area contributed by atoms with E-state index in [2.05, 4.69) is 25.4 Å². The van der Waals surface area contributed by atoms with Crippen molar-refractivity contribution in [3.05, 3.63) is 48.7 Å². The van der Waals surface area contributed by atoms with Gasteiger partial charge < -0.3 is 10.4 Å². The van der Waals surface area contributed by atoms with Gasteiger partial charge in [-0.2, -0.15) is 0 Å². The van der Waals surface area contributed by atoms with E-state index in [1.807, 2.05) is 26.0 Å². The quantitative estimate of drug-likeness (QED) is 0.495. The van der Waals surface area contributed by atoms with Crippen LogP contribution in [0.4, 0.5) is 0 Å². The van der Waals surface area contributed by atoms with Crippen molar-refractivity contribution < 1.29 is 5.11 Å². The first-order chi connectivity index (χ1) is 8.29. The van der Waals surface area contributed by atoms with Gasteiger partial charge in [0.25, 0.3) is 0 Å². The van der Waals surface area contributed by atoms with Crippen LogP contribution in [0.15, 0.2) is 48.7 Å². The van der Waals surface area contributed by atoms with Gasteiger partial charge in [0.2, 0.25) is 0 Å². The fourth-order valence-electron chi connectivity index (χ4n) is 1.30. The molecule has 0 aromatic carbocycles. The molecule has 0 aromatic heterocycles. The number of hydrogen-bond acceptors (Lipinski definition) is 2. The van der Waals surface area contributed by atoms with Gasteiger partial charge in [0.1, 0.15) is 6.73 Å². The third-order valence-electron chi connectivity index (χ3n) is 2.02. The van der Waals surface area contributed by atoms with Crippen LogP contribution in [0.1, 0.15) is 40.0 Å². The van der Waals surface area contributed by atoms with E-state index in [4.69, 9.17) is 5.11 Å². The molecule has 0 unspecified atom stereocenters. The Morgan fingerprint density at radius 2 is 1.76 bits per heavy atom. The molecule has 98 valence electrons. The average molecular weight is 237 g/mol. The number of nitrogens with one attached hydrogen (secondary N) is 1. The van der Waals surface area contributed by atoms with E-state index >= 15 is 0 Å². The van der Waals surface area contributed by atoms with Crippen molar-refractivity contribution in [2.45, 2.75) is 40.0 Å². The van der Waals surface area contributed by atoms with Crippen molar-refractivity contribution in [3.8, 4) is 0 Å². The van der Waals surface area contributed by atoms with Crippen LogP contribution in [-0.4, -0.2) is 11.8 Å². The Morgan fingerprint density at radius 3 is 2.18 bits per heavy atom. The van der Waals surface area contributed by atoms with Crippen LogP contribution in [0.3, 0.4) is 0 Å². The highest BCUT2D eigenvalue weighted by atomic mass is 16.3. The molecule has 0 radical (unpaired) electrons. The Labute approximate surface area is 106 Å². The molecule has 0 fully saturated rings. The first-order valence-corrected chi connectivity index (χ1v) is 6.29. The van der Waals surface area contributed by atoms with Crippen LogP contribution in [0.5, 0.6) is 0 Å². The molecule has 0 atom stereocenters. The summed E-state index contributed by atoms with van der Waals surface area (Å²) < 4.78 is 0. The highest BCUT2D eigenvalue weighted by molar-refractivity contribution is 5.34. The van der Waals surface area contributed by atoms with Crippen LogP contribution in [-0.2, 0) is 0 Å². The van der Waals surface area contributed by atoms with E-state index in [1.54, 1.807) is 12.2 Å². The maximum atomic E-state index is 8.87. The molecule has 0 amide bonds. The normalized spacial score (nSPS) is 11.3. The smallest absolute Gasteiger partial charge is 0.113 e. The van der Waals surface area contributed by atoms with Crippen molar-refractivity contribution in [1.29, 1.82) is 0 Å². The van der Waals surface area contributed by atoms with Crippen molar-refractivity contribution >= 4 is 0 Å². The second kappa shape index (κ2) is 14.7. The fraction of sp³-hybridized carbons (Fsp3) is 0.467. The second-order valence-corrected chi connectivity index (χ2v) is 3.18. The molecule has 0 aliphatic heterocycles. The largest absolute Gasteiger partial charge is 0.377 e. The molecule has 17 heavy (non-hydrogen) atoms. The van der Waals surface area contributed by atoms with E-state index in [1.165, 1.54) is 0 Å². The average Bonchev–Trinajstić information content (AvgIpc) is 2.37. The third-order valence-corrected chi connectivity index (χ3v) is 2.02. The number of unbranched alkanes of at least 4 members (excludes halogenated alkanes) is 1. The topological polar surface area (TPSA) is 32.3 Å². The van der Waals surface area contributed by atoms with Crippen molar-refractivity contribution in [3.63, 3.8) is 0 Å². The maximum absolute atomic E-state index is 8.87. The zero-order chi connectivity index (χ0) is 13.5. The van der Waals surface area contributed by atoms with Gasteiger partial charge in [0.15, 0.2) is 0 Å². The van der Waals surface area contributed by atoms with Gasteiger partial charge >= 0.3 is 0 Å². The lowest BCUT2D eigenvalue weighted by atomic mass is 10.0. The van der Waals surface area contributed by atoms with E-state index in [0.717, 1.165) is 30.5 Å². The molecule has 0 rings (SSSR count). The van der Waals surface area contributed by atoms with E-state index in [0.29, 0.717) is 0 Å². The summed E-state index contributed by atoms with van der Waals surface area (Å²) in [5.41, 5.74) is 2.07. The molecular weight excluding hydrogens is 210 g/mol. The molecule has 2 N–H and O–H groups in total. The Morgan fingerprint density at radius 1 is 1.18 bits per heavy atom. The summed E-state index contributed by atoms with van der Waals surface area (Å²) in [7, 11) is 0. The SMILES string of the molecule is C=C/C=C(CCCC)\C(=C/C=C)NCO.CC. The minimum Gasteiger partial charge on any atom is -0.377 e. The van der Waals surface area contributed by atoms with Crippen LogP contribution in [0.2, 0.25) is 0 Å². The summed E-state index contributed by atoms with van der Waals surface area (Å²) >= 11 is 0. The van der Waals surface area contributed by atoms with E-state index in [-0.39, 0.29) is 6.73 Å². The first-order valence-electron chi connectivity index (χ1n) is 6.29. The summed E-state index contributed by atoms with van der Waals surface area (Å²) in [6.45, 7) is 13.4. The van der Waals surface area contributed by atoms with Crippen LogP contribution in [0.25, 0.3) is 0 Å². The van der Waals surface area contributed by atoms with Gasteiger partial charge in [-0.25, -0.2) is 0 Å². The molecule has 2 heteroatoms. The highest BCUT2D eigenvalue weighted by Crippen LogP contribution is 2.15. The number of hydrogen-bond donors (Lipinski definition) is 2. The van der Waals surface area contributed by atoms with Gasteiger partial charge in [-0.1, -0.05) is 58.6 Å². The highest BCUT2D eigenvalue weighted by Gasteiger charge is 2.02. The lowest BCUT2D eigenvalue weighted by Crippen LogP contribution is -2.15. The van der Waals surface area contributed by atoms with Gasteiger partial charge in [-0.05, 0) is 24.5 Å². The summed E-state index contributed by atoms with van der Waals surface area (Å²) in [5.74, 6) is 0. The lowest BCUT2D eigenvalue weighted by molar-refractivity contribution is 0.275. The molecule has 0 heterocycles. The van der Waals surface area contributed by atoms with E-state index in [9.17, 15) is 0 Å². The molecule has 2 nitrogen and oxygen atoms in total. The molecular formula is C15H27NO. The molecule has 0 spiro atoms. The van der Waals surface area contributed by atoms with Gasteiger partial charge in [-0.15, -0.1) is 0 Å². The Hall–Kier alpha value is -1.28. The number of aliphatic hydroxyl groups is 1. The minimum atomic E-state index is -0.0692. The maximum Gasteiger partial charge on any atom is 0.113 e. The summed E-state index contributed by atoms with van der Waals surface area (Å²) in [5, 5.41) is 11.8. The molecule has 0 aliphatic carbocycles. The van der Waals surface area contributed by atoms with Gasteiger partial charge in [-0.3, -0.25) is 0 Å². The van der Waals surface area contributed by atoms with Crippen LogP contribution in [0, 0.1) is 0 Å². The summed E-state index contributed by atoms with van der Waals surface area (Å²) in [4.78, 5) is 0. The molecule has 0 saturated heterocycles. The number of rotatable bonds is 8. The molecule has 0 bridgehead atoms. The Balaban J connectivity index is 0. The fourth-order valence-corrected chi connectivity index (χ4v) is 1.30. The monoisotopic (exact) mass is 237 g/mol. The van der Waals surface area contributed by atoms with Gasteiger partial charge in [0, 0.05) is 5.70 Å². The third kappa shape index (κ3) is 9.64. The number of allylic oxidation sites excluding steroid dienone is 5. The zero-order valence-corrected chi connectivity index (χ0v) is 11.5. The van der Waals surface area contributed by atoms with Crippen molar-refractivity contribution in [1.82, 2.24) is 5.32 Å². The van der Waals surface area contributed by atoms with Crippen molar-refractivity contribution in [2.75, 3.05) is 6.73 Å². The summed E-state index contributed by atoms with van der Waals surface area (Å²) in [6.07, 6.45) is 10.6.